The second-order valence-electron chi connectivity index (χ2n) is 4.24. The van der Waals surface area contributed by atoms with E-state index in [0.717, 1.165) is 0 Å². The van der Waals surface area contributed by atoms with E-state index in [1.807, 2.05) is 6.92 Å². The summed E-state index contributed by atoms with van der Waals surface area (Å²) in [7, 11) is 3.19. The van der Waals surface area contributed by atoms with E-state index in [2.05, 4.69) is 5.32 Å². The van der Waals surface area contributed by atoms with Gasteiger partial charge in [0.25, 0.3) is 11.6 Å². The van der Waals surface area contributed by atoms with Crippen LogP contribution >= 0.6 is 0 Å². The summed E-state index contributed by atoms with van der Waals surface area (Å²) in [6.07, 6.45) is 0. The van der Waals surface area contributed by atoms with Gasteiger partial charge in [0.1, 0.15) is 0 Å². The van der Waals surface area contributed by atoms with Crippen molar-refractivity contribution in [3.8, 4) is 0 Å². The Morgan fingerprint density at radius 1 is 1.50 bits per heavy atom. The van der Waals surface area contributed by atoms with Gasteiger partial charge in [0.2, 0.25) is 0 Å². The number of carbonyl (C=O) groups is 1. The van der Waals surface area contributed by atoms with Crippen LogP contribution in [0.3, 0.4) is 0 Å². The van der Waals surface area contributed by atoms with Crippen LogP contribution in [0.5, 0.6) is 0 Å². The number of hydrogen-bond acceptors (Lipinski definition) is 5. The van der Waals surface area contributed by atoms with Crippen molar-refractivity contribution in [3.05, 3.63) is 33.9 Å². The summed E-state index contributed by atoms with van der Waals surface area (Å²) < 4.78 is 4.92. The number of ether oxygens (including phenoxy) is 1. The van der Waals surface area contributed by atoms with E-state index >= 15 is 0 Å². The van der Waals surface area contributed by atoms with Crippen molar-refractivity contribution < 1.29 is 14.5 Å². The highest BCUT2D eigenvalue weighted by Crippen LogP contribution is 2.23. The standard InChI is InChI=1S/C13H19N3O4/c1-4-14-12-6-5-10(16(18)19)9-11(12)13(17)15(2)7-8-20-3/h5-6,9,14H,4,7-8H2,1-3H3. The maximum atomic E-state index is 12.3. The number of benzene rings is 1. The first-order valence-electron chi connectivity index (χ1n) is 6.28. The molecule has 7 nitrogen and oxygen atoms in total. The summed E-state index contributed by atoms with van der Waals surface area (Å²) in [6, 6.07) is 4.23. The van der Waals surface area contributed by atoms with Gasteiger partial charge in [-0.05, 0) is 13.0 Å². The average molecular weight is 281 g/mol. The number of likely N-dealkylation sites (N-methyl/N-ethyl adjacent to an activating group) is 1. The van der Waals surface area contributed by atoms with Gasteiger partial charge in [-0.2, -0.15) is 0 Å². The summed E-state index contributed by atoms with van der Waals surface area (Å²) in [6.45, 7) is 3.35. The van der Waals surface area contributed by atoms with Crippen LogP contribution in [-0.4, -0.2) is 49.6 Å². The van der Waals surface area contributed by atoms with Gasteiger partial charge in [-0.25, -0.2) is 0 Å². The predicted octanol–water partition coefficient (Wildman–Crippen LogP) is 1.74. The first kappa shape index (κ1) is 15.9. The fraction of sp³-hybridized carbons (Fsp3) is 0.462. The molecule has 0 atom stereocenters. The minimum Gasteiger partial charge on any atom is -0.385 e. The second-order valence-corrected chi connectivity index (χ2v) is 4.24. The van der Waals surface area contributed by atoms with Crippen LogP contribution in [0.15, 0.2) is 18.2 Å². The zero-order valence-electron chi connectivity index (χ0n) is 11.9. The lowest BCUT2D eigenvalue weighted by Crippen LogP contribution is -2.30. The summed E-state index contributed by atoms with van der Waals surface area (Å²) in [4.78, 5) is 24.1. The fourth-order valence-electron chi connectivity index (χ4n) is 1.70. The molecule has 0 aliphatic rings. The summed E-state index contributed by atoms with van der Waals surface area (Å²) in [5.74, 6) is -0.276. The van der Waals surface area contributed by atoms with E-state index in [0.29, 0.717) is 30.9 Å². The van der Waals surface area contributed by atoms with Crippen LogP contribution in [0, 0.1) is 10.1 Å². The smallest absolute Gasteiger partial charge is 0.270 e. The van der Waals surface area contributed by atoms with E-state index < -0.39 is 4.92 Å². The monoisotopic (exact) mass is 281 g/mol. The molecule has 0 heterocycles. The lowest BCUT2D eigenvalue weighted by molar-refractivity contribution is -0.384. The number of rotatable bonds is 7. The molecule has 7 heteroatoms. The molecule has 1 amide bonds. The molecule has 20 heavy (non-hydrogen) atoms. The van der Waals surface area contributed by atoms with Gasteiger partial charge in [-0.1, -0.05) is 0 Å². The van der Waals surface area contributed by atoms with Crippen LogP contribution in [0.25, 0.3) is 0 Å². The van der Waals surface area contributed by atoms with Crippen molar-refractivity contribution in [1.82, 2.24) is 4.90 Å². The molecule has 0 fully saturated rings. The lowest BCUT2D eigenvalue weighted by atomic mass is 10.1. The summed E-state index contributed by atoms with van der Waals surface area (Å²) >= 11 is 0. The molecular weight excluding hydrogens is 262 g/mol. The van der Waals surface area contributed by atoms with Crippen molar-refractivity contribution in [2.45, 2.75) is 6.92 Å². The Balaban J connectivity index is 3.07. The number of non-ortho nitro benzene ring substituents is 1. The van der Waals surface area contributed by atoms with Gasteiger partial charge < -0.3 is 15.0 Å². The Bertz CT molecular complexity index is 491. The molecule has 0 saturated heterocycles. The highest BCUT2D eigenvalue weighted by molar-refractivity contribution is 6.00. The maximum Gasteiger partial charge on any atom is 0.270 e. The van der Waals surface area contributed by atoms with Crippen LogP contribution in [0.4, 0.5) is 11.4 Å². The van der Waals surface area contributed by atoms with Gasteiger partial charge in [0.15, 0.2) is 0 Å². The number of nitro groups is 1. The molecule has 110 valence electrons. The normalized spacial score (nSPS) is 10.2. The molecule has 1 rings (SSSR count). The van der Waals surface area contributed by atoms with Gasteiger partial charge >= 0.3 is 0 Å². The van der Waals surface area contributed by atoms with Gasteiger partial charge in [0, 0.05) is 45.1 Å². The third-order valence-corrected chi connectivity index (χ3v) is 2.79. The SMILES string of the molecule is CCNc1ccc([N+](=O)[O-])cc1C(=O)N(C)CCOC. The Kier molecular flexibility index (Phi) is 5.92. The zero-order valence-corrected chi connectivity index (χ0v) is 11.9. The summed E-state index contributed by atoms with van der Waals surface area (Å²) in [5, 5.41) is 13.9. The molecule has 0 unspecified atom stereocenters. The first-order chi connectivity index (χ1) is 9.51. The highest BCUT2D eigenvalue weighted by Gasteiger charge is 2.19. The number of nitrogens with zero attached hydrogens (tertiary/aromatic N) is 2. The van der Waals surface area contributed by atoms with Crippen LogP contribution in [0.1, 0.15) is 17.3 Å². The lowest BCUT2D eigenvalue weighted by Gasteiger charge is -2.18. The minimum atomic E-state index is -0.512. The van der Waals surface area contributed by atoms with Crippen molar-refractivity contribution in [2.75, 3.05) is 39.2 Å². The molecule has 1 aromatic rings. The van der Waals surface area contributed by atoms with Crippen LogP contribution in [0.2, 0.25) is 0 Å². The molecular formula is C13H19N3O4. The molecule has 0 aromatic heterocycles. The predicted molar refractivity (Wildman–Crippen MR) is 76.1 cm³/mol. The molecule has 0 bridgehead atoms. The van der Waals surface area contributed by atoms with Gasteiger partial charge in [-0.15, -0.1) is 0 Å². The number of amides is 1. The highest BCUT2D eigenvalue weighted by atomic mass is 16.6. The van der Waals surface area contributed by atoms with Crippen molar-refractivity contribution in [3.63, 3.8) is 0 Å². The molecule has 0 spiro atoms. The zero-order chi connectivity index (χ0) is 15.1. The Morgan fingerprint density at radius 3 is 2.75 bits per heavy atom. The maximum absolute atomic E-state index is 12.3. The van der Waals surface area contributed by atoms with Crippen molar-refractivity contribution in [2.24, 2.45) is 0 Å². The molecule has 0 aliphatic heterocycles. The fourth-order valence-corrected chi connectivity index (χ4v) is 1.70. The average Bonchev–Trinajstić information content (AvgIpc) is 2.44. The number of methoxy groups -OCH3 is 1. The van der Waals surface area contributed by atoms with E-state index in [1.54, 1.807) is 20.2 Å². The Morgan fingerprint density at radius 2 is 2.20 bits per heavy atom. The Hall–Kier alpha value is -2.15. The van der Waals surface area contributed by atoms with E-state index in [9.17, 15) is 14.9 Å². The molecule has 0 radical (unpaired) electrons. The number of carbonyl (C=O) groups excluding carboxylic acids is 1. The largest absolute Gasteiger partial charge is 0.385 e. The molecule has 1 aromatic carbocycles. The van der Waals surface area contributed by atoms with Crippen molar-refractivity contribution in [1.29, 1.82) is 0 Å². The quantitative estimate of drug-likeness (QED) is 0.608. The topological polar surface area (TPSA) is 84.7 Å². The van der Waals surface area contributed by atoms with E-state index in [-0.39, 0.29) is 11.6 Å². The number of hydrogen-bond donors (Lipinski definition) is 1. The molecule has 0 saturated carbocycles. The van der Waals surface area contributed by atoms with Gasteiger partial charge in [-0.3, -0.25) is 14.9 Å². The summed E-state index contributed by atoms with van der Waals surface area (Å²) in [5.41, 5.74) is 0.780. The third kappa shape index (κ3) is 3.92. The minimum absolute atomic E-state index is 0.102. The number of nitro benzene ring substituents is 1. The van der Waals surface area contributed by atoms with E-state index in [1.165, 1.54) is 17.0 Å². The number of nitrogens with one attached hydrogen (secondary N) is 1. The van der Waals surface area contributed by atoms with Crippen LogP contribution in [-0.2, 0) is 4.74 Å². The van der Waals surface area contributed by atoms with Crippen molar-refractivity contribution >= 4 is 17.3 Å². The van der Waals surface area contributed by atoms with Crippen LogP contribution < -0.4 is 5.32 Å². The first-order valence-corrected chi connectivity index (χ1v) is 6.28. The third-order valence-electron chi connectivity index (χ3n) is 2.79. The Labute approximate surface area is 117 Å². The molecule has 0 aliphatic carbocycles. The molecule has 1 N–H and O–H groups in total. The number of anilines is 1. The van der Waals surface area contributed by atoms with E-state index in [4.69, 9.17) is 4.74 Å². The van der Waals surface area contributed by atoms with Gasteiger partial charge in [0.05, 0.1) is 17.1 Å². The second kappa shape index (κ2) is 7.44.